The summed E-state index contributed by atoms with van der Waals surface area (Å²) >= 11 is 0. The van der Waals surface area contributed by atoms with E-state index in [4.69, 9.17) is 0 Å². The van der Waals surface area contributed by atoms with Crippen molar-refractivity contribution in [1.29, 1.82) is 0 Å². The summed E-state index contributed by atoms with van der Waals surface area (Å²) in [5.41, 5.74) is 1.00. The van der Waals surface area contributed by atoms with Crippen LogP contribution in [-0.2, 0) is 11.3 Å². The van der Waals surface area contributed by atoms with Crippen molar-refractivity contribution >= 4 is 17.6 Å². The number of rotatable bonds is 7. The molecule has 7 heteroatoms. The van der Waals surface area contributed by atoms with Crippen molar-refractivity contribution in [3.8, 4) is 0 Å². The number of carbonyl (C=O) groups is 1. The van der Waals surface area contributed by atoms with Crippen LogP contribution in [-0.4, -0.2) is 58.0 Å². The van der Waals surface area contributed by atoms with E-state index < -0.39 is 0 Å². The number of nitrogens with one attached hydrogen (secondary N) is 2. The fourth-order valence-corrected chi connectivity index (χ4v) is 3.77. The molecule has 1 fully saturated rings. The van der Waals surface area contributed by atoms with E-state index in [2.05, 4.69) is 15.6 Å². The lowest BCUT2D eigenvalue weighted by molar-refractivity contribution is -0.138. The van der Waals surface area contributed by atoms with Crippen molar-refractivity contribution in [2.45, 2.75) is 39.2 Å². The Labute approximate surface area is 168 Å². The number of carbonyl (C=O) groups excluding carboxylic acids is 1. The zero-order valence-corrected chi connectivity index (χ0v) is 17.8. The summed E-state index contributed by atoms with van der Waals surface area (Å²) in [6, 6.07) is 5.18. The third kappa shape index (κ3) is 5.36. The first-order valence-corrected chi connectivity index (χ1v) is 9.99. The first kappa shape index (κ1) is 22.0. The van der Waals surface area contributed by atoms with Gasteiger partial charge in [-0.25, -0.2) is 9.38 Å². The molecule has 0 aromatic heterocycles. The number of nitrogens with zero attached hydrogens (tertiary/aromatic N) is 3. The van der Waals surface area contributed by atoms with Crippen LogP contribution in [0, 0.1) is 11.2 Å². The fraction of sp³-hybridized carbons (Fsp3) is 0.619. The highest BCUT2D eigenvalue weighted by molar-refractivity contribution is 5.85. The standard InChI is InChI=1S/C21H34FN5O/c1-6-23-20(24-14-16-9-10-18(26(2)3)17(22)13-16)25-15-21(11-7-8-12-21)19(28)27(4)5/h9-10,13H,6-8,11-12,14-15H2,1-5H3,(H2,23,24,25). The Bertz CT molecular complexity index is 696. The minimum atomic E-state index is -0.362. The average molecular weight is 392 g/mol. The van der Waals surface area contributed by atoms with Crippen LogP contribution in [0.15, 0.2) is 23.2 Å². The lowest BCUT2D eigenvalue weighted by Gasteiger charge is -2.31. The highest BCUT2D eigenvalue weighted by Crippen LogP contribution is 2.38. The predicted molar refractivity (Wildman–Crippen MR) is 113 cm³/mol. The molecular formula is C21H34FN5O. The smallest absolute Gasteiger partial charge is 0.230 e. The molecule has 2 rings (SSSR count). The van der Waals surface area contributed by atoms with Gasteiger partial charge in [0, 0.05) is 41.3 Å². The monoisotopic (exact) mass is 391 g/mol. The summed E-state index contributed by atoms with van der Waals surface area (Å²) < 4.78 is 14.2. The molecule has 0 saturated heterocycles. The van der Waals surface area contributed by atoms with Gasteiger partial charge in [-0.15, -0.1) is 0 Å². The summed E-state index contributed by atoms with van der Waals surface area (Å²) in [4.78, 5) is 20.7. The number of hydrogen-bond acceptors (Lipinski definition) is 3. The molecule has 28 heavy (non-hydrogen) atoms. The SMILES string of the molecule is CCNC(=NCc1ccc(N(C)C)c(F)c1)NCC1(C(=O)N(C)C)CCCC1. The number of benzene rings is 1. The van der Waals surface area contributed by atoms with Gasteiger partial charge in [0.15, 0.2) is 5.96 Å². The molecule has 0 unspecified atom stereocenters. The minimum absolute atomic E-state index is 0.176. The maximum Gasteiger partial charge on any atom is 0.230 e. The van der Waals surface area contributed by atoms with Crippen molar-refractivity contribution in [3.05, 3.63) is 29.6 Å². The lowest BCUT2D eigenvalue weighted by atomic mass is 9.84. The van der Waals surface area contributed by atoms with Gasteiger partial charge >= 0.3 is 0 Å². The Kier molecular flexibility index (Phi) is 7.66. The highest BCUT2D eigenvalue weighted by Gasteiger charge is 2.42. The topological polar surface area (TPSA) is 60.0 Å². The summed E-state index contributed by atoms with van der Waals surface area (Å²) in [6.45, 7) is 3.64. The molecule has 2 N–H and O–H groups in total. The summed E-state index contributed by atoms with van der Waals surface area (Å²) in [5.74, 6) is 0.573. The van der Waals surface area contributed by atoms with E-state index in [-0.39, 0.29) is 17.1 Å². The molecule has 1 saturated carbocycles. The average Bonchev–Trinajstić information content (AvgIpc) is 3.13. The molecule has 6 nitrogen and oxygen atoms in total. The predicted octanol–water partition coefficient (Wildman–Crippen LogP) is 2.60. The zero-order valence-electron chi connectivity index (χ0n) is 17.8. The number of anilines is 1. The highest BCUT2D eigenvalue weighted by atomic mass is 19.1. The molecular weight excluding hydrogens is 357 g/mol. The van der Waals surface area contributed by atoms with Crippen LogP contribution in [0.5, 0.6) is 0 Å². The molecule has 0 aliphatic heterocycles. The van der Waals surface area contributed by atoms with Gasteiger partial charge in [0.05, 0.1) is 17.6 Å². The molecule has 156 valence electrons. The summed E-state index contributed by atoms with van der Waals surface area (Å²) in [6.07, 6.45) is 3.94. The maximum atomic E-state index is 14.2. The molecule has 0 atom stereocenters. The van der Waals surface area contributed by atoms with Gasteiger partial charge in [0.2, 0.25) is 5.91 Å². The molecule has 1 aromatic carbocycles. The van der Waals surface area contributed by atoms with E-state index in [1.165, 1.54) is 6.07 Å². The van der Waals surface area contributed by atoms with Crippen molar-refractivity contribution in [3.63, 3.8) is 0 Å². The summed E-state index contributed by atoms with van der Waals surface area (Å²) in [5, 5.41) is 6.56. The van der Waals surface area contributed by atoms with Crippen LogP contribution in [0.3, 0.4) is 0 Å². The van der Waals surface area contributed by atoms with Gasteiger partial charge in [-0.3, -0.25) is 4.79 Å². The third-order valence-corrected chi connectivity index (χ3v) is 5.27. The van der Waals surface area contributed by atoms with Gasteiger partial charge < -0.3 is 20.4 Å². The second-order valence-corrected chi connectivity index (χ2v) is 7.92. The van der Waals surface area contributed by atoms with Crippen molar-refractivity contribution < 1.29 is 9.18 Å². The van der Waals surface area contributed by atoms with E-state index in [0.29, 0.717) is 31.3 Å². The van der Waals surface area contributed by atoms with E-state index in [1.54, 1.807) is 15.9 Å². The third-order valence-electron chi connectivity index (χ3n) is 5.27. The Hall–Kier alpha value is -2.31. The molecule has 1 aliphatic carbocycles. The Balaban J connectivity index is 2.08. The second-order valence-electron chi connectivity index (χ2n) is 7.92. The quantitative estimate of drug-likeness (QED) is 0.554. The van der Waals surface area contributed by atoms with Gasteiger partial charge in [-0.1, -0.05) is 18.9 Å². The second kappa shape index (κ2) is 9.75. The van der Waals surface area contributed by atoms with Crippen LogP contribution in [0.2, 0.25) is 0 Å². The minimum Gasteiger partial charge on any atom is -0.375 e. The molecule has 0 radical (unpaired) electrons. The number of hydrogen-bond donors (Lipinski definition) is 2. The van der Waals surface area contributed by atoms with Crippen LogP contribution in [0.4, 0.5) is 10.1 Å². The van der Waals surface area contributed by atoms with Gasteiger partial charge in [-0.05, 0) is 37.5 Å². The van der Waals surface area contributed by atoms with Crippen molar-refractivity contribution in [1.82, 2.24) is 15.5 Å². The van der Waals surface area contributed by atoms with E-state index >= 15 is 0 Å². The molecule has 0 spiro atoms. The van der Waals surface area contributed by atoms with E-state index in [1.807, 2.05) is 41.2 Å². The molecule has 1 aromatic rings. The zero-order chi connectivity index (χ0) is 20.7. The van der Waals surface area contributed by atoms with E-state index in [9.17, 15) is 9.18 Å². The van der Waals surface area contributed by atoms with Gasteiger partial charge in [0.25, 0.3) is 0 Å². The first-order chi connectivity index (χ1) is 13.3. The molecule has 0 bridgehead atoms. The molecule has 1 aliphatic rings. The first-order valence-electron chi connectivity index (χ1n) is 9.99. The Morgan fingerprint density at radius 2 is 1.86 bits per heavy atom. The largest absolute Gasteiger partial charge is 0.375 e. The van der Waals surface area contributed by atoms with E-state index in [0.717, 1.165) is 31.2 Å². The van der Waals surface area contributed by atoms with Gasteiger partial charge in [-0.2, -0.15) is 0 Å². The Morgan fingerprint density at radius 1 is 1.18 bits per heavy atom. The maximum absolute atomic E-state index is 14.2. The normalized spacial score (nSPS) is 16.0. The van der Waals surface area contributed by atoms with Crippen molar-refractivity contribution in [2.75, 3.05) is 46.2 Å². The summed E-state index contributed by atoms with van der Waals surface area (Å²) in [7, 11) is 7.26. The fourth-order valence-electron chi connectivity index (χ4n) is 3.77. The Morgan fingerprint density at radius 3 is 2.39 bits per heavy atom. The van der Waals surface area contributed by atoms with Crippen molar-refractivity contribution in [2.24, 2.45) is 10.4 Å². The van der Waals surface area contributed by atoms with Crippen LogP contribution >= 0.6 is 0 Å². The number of guanidine groups is 1. The van der Waals surface area contributed by atoms with Crippen LogP contribution in [0.25, 0.3) is 0 Å². The number of halogens is 1. The van der Waals surface area contributed by atoms with Crippen LogP contribution in [0.1, 0.15) is 38.2 Å². The molecule has 1 amide bonds. The van der Waals surface area contributed by atoms with Gasteiger partial charge in [0.1, 0.15) is 5.82 Å². The number of amides is 1. The molecule has 0 heterocycles. The lowest BCUT2D eigenvalue weighted by Crippen LogP contribution is -2.49. The number of aliphatic imine (C=N–C) groups is 1. The van der Waals surface area contributed by atoms with Crippen LogP contribution < -0.4 is 15.5 Å².